The van der Waals surface area contributed by atoms with Crippen LogP contribution in [-0.2, 0) is 13.1 Å². The van der Waals surface area contributed by atoms with E-state index in [1.165, 1.54) is 29.5 Å². The van der Waals surface area contributed by atoms with Crippen molar-refractivity contribution in [1.29, 1.82) is 0 Å². The number of carbonyl (C=O) groups is 2. The molecule has 42 heavy (non-hydrogen) atoms. The molecule has 0 radical (unpaired) electrons. The number of carbonyl (C=O) groups excluding carboxylic acids is 2. The molecule has 0 spiro atoms. The van der Waals surface area contributed by atoms with E-state index in [2.05, 4.69) is 30.2 Å². The van der Waals surface area contributed by atoms with Crippen LogP contribution in [0.25, 0.3) is 5.65 Å². The molecule has 1 unspecified atom stereocenters. The number of nitrogens with one attached hydrogen (secondary N) is 1. The lowest BCUT2D eigenvalue weighted by Gasteiger charge is -2.37. The number of rotatable bonds is 9. The van der Waals surface area contributed by atoms with E-state index in [1.807, 2.05) is 23.2 Å². The first-order chi connectivity index (χ1) is 20.2. The van der Waals surface area contributed by atoms with Gasteiger partial charge in [0.1, 0.15) is 11.7 Å². The number of alkyl halides is 1. The lowest BCUT2D eigenvalue weighted by atomic mass is 10.0. The van der Waals surface area contributed by atoms with Gasteiger partial charge in [-0.15, -0.1) is 0 Å². The van der Waals surface area contributed by atoms with Crippen LogP contribution in [0, 0.1) is 0 Å². The van der Waals surface area contributed by atoms with Crippen molar-refractivity contribution < 1.29 is 19.1 Å². The summed E-state index contributed by atoms with van der Waals surface area (Å²) in [5.74, 6) is -0.655. The number of benzene rings is 1. The average molecular weight is 576 g/mol. The number of imidazole rings is 1. The van der Waals surface area contributed by atoms with Crippen molar-refractivity contribution >= 4 is 28.8 Å². The Morgan fingerprint density at radius 3 is 2.69 bits per heavy atom. The van der Waals surface area contributed by atoms with Gasteiger partial charge in [-0.05, 0) is 37.6 Å². The lowest BCUT2D eigenvalue weighted by molar-refractivity contribution is -0.0159. The van der Waals surface area contributed by atoms with Gasteiger partial charge in [0.25, 0.3) is 11.8 Å². The number of anilines is 2. The fraction of sp³-hybridized carbons (Fsp3) is 0.414. The van der Waals surface area contributed by atoms with Crippen molar-refractivity contribution in [2.75, 3.05) is 49.5 Å². The summed E-state index contributed by atoms with van der Waals surface area (Å²) < 4.78 is 18.3. The van der Waals surface area contributed by atoms with Gasteiger partial charge in [0, 0.05) is 76.2 Å². The highest BCUT2D eigenvalue weighted by Gasteiger charge is 2.36. The Morgan fingerprint density at radius 2 is 1.95 bits per heavy atom. The summed E-state index contributed by atoms with van der Waals surface area (Å²) in [4.78, 5) is 41.2. The fourth-order valence-corrected chi connectivity index (χ4v) is 5.40. The van der Waals surface area contributed by atoms with Gasteiger partial charge >= 0.3 is 0 Å². The minimum Gasteiger partial charge on any atom is -0.387 e. The Bertz CT molecular complexity index is 1590. The number of piperazine rings is 1. The Balaban J connectivity index is 1.25. The molecule has 1 saturated heterocycles. The molecule has 1 fully saturated rings. The molecule has 4 aromatic rings. The minimum absolute atomic E-state index is 0.189. The van der Waals surface area contributed by atoms with Crippen LogP contribution in [0.3, 0.4) is 0 Å². The number of aromatic nitrogens is 5. The maximum Gasteiger partial charge on any atom is 0.261 e. The molecule has 2 aliphatic rings. The molecule has 0 bridgehead atoms. The lowest BCUT2D eigenvalue weighted by Crippen LogP contribution is -2.47. The summed E-state index contributed by atoms with van der Waals surface area (Å²) in [6, 6.07) is 5.35. The first-order valence-electron chi connectivity index (χ1n) is 14.0. The Hall–Kier alpha value is -4.36. The molecule has 1 atom stereocenters. The first kappa shape index (κ1) is 27.8. The molecule has 0 saturated carbocycles. The maximum absolute atomic E-state index is 14.7. The van der Waals surface area contributed by atoms with E-state index in [-0.39, 0.29) is 24.9 Å². The third-order valence-corrected chi connectivity index (χ3v) is 7.97. The van der Waals surface area contributed by atoms with E-state index in [0.29, 0.717) is 41.1 Å². The first-order valence-corrected chi connectivity index (χ1v) is 14.0. The number of hydrogen-bond acceptors (Lipinski definition) is 8. The van der Waals surface area contributed by atoms with E-state index in [1.54, 1.807) is 30.7 Å². The number of fused-ring (bicyclic) bond motifs is 2. The van der Waals surface area contributed by atoms with Gasteiger partial charge in [-0.25, -0.2) is 18.9 Å². The van der Waals surface area contributed by atoms with E-state index in [4.69, 9.17) is 0 Å². The van der Waals surface area contributed by atoms with Gasteiger partial charge in [-0.1, -0.05) is 0 Å². The van der Waals surface area contributed by atoms with Crippen LogP contribution >= 0.6 is 0 Å². The predicted octanol–water partition coefficient (Wildman–Crippen LogP) is 2.07. The predicted molar refractivity (Wildman–Crippen MR) is 154 cm³/mol. The smallest absolute Gasteiger partial charge is 0.261 e. The summed E-state index contributed by atoms with van der Waals surface area (Å²) in [6.07, 6.45) is 8.72. The zero-order chi connectivity index (χ0) is 29.4. The molecule has 0 aliphatic carbocycles. The third kappa shape index (κ3) is 5.57. The van der Waals surface area contributed by atoms with Crippen LogP contribution in [0.1, 0.15) is 40.1 Å². The standard InChI is InChI=1S/C29H34FN9O3/c1-29(2,42)25(30)18-38-17-20-14-23(34-27(40)22-16-33-39-6-3-4-32-26(22)39)24(15-21(20)28(38)41)37-12-10-35(11-13-37)8-9-36-7-5-31-19-36/h3-7,14-16,19,25,42H,8-13,17-18H2,1-2H3,(H,34,40). The number of aliphatic hydroxyl groups is 1. The zero-order valence-electron chi connectivity index (χ0n) is 23.6. The van der Waals surface area contributed by atoms with Gasteiger partial charge in [-0.2, -0.15) is 5.10 Å². The van der Waals surface area contributed by atoms with Crippen LogP contribution in [0.2, 0.25) is 0 Å². The monoisotopic (exact) mass is 575 g/mol. The van der Waals surface area contributed by atoms with Crippen molar-refractivity contribution in [1.82, 2.24) is 33.9 Å². The van der Waals surface area contributed by atoms with Gasteiger partial charge < -0.3 is 24.8 Å². The van der Waals surface area contributed by atoms with Crippen LogP contribution in [0.15, 0.2) is 55.5 Å². The Morgan fingerprint density at radius 1 is 1.14 bits per heavy atom. The molecule has 2 amide bonds. The number of amides is 2. The highest BCUT2D eigenvalue weighted by Crippen LogP contribution is 2.36. The number of hydrogen-bond donors (Lipinski definition) is 2. The van der Waals surface area contributed by atoms with Crippen molar-refractivity contribution in [2.24, 2.45) is 0 Å². The topological polar surface area (TPSA) is 124 Å². The highest BCUT2D eigenvalue weighted by atomic mass is 19.1. The minimum atomic E-state index is -1.60. The molecule has 2 N–H and O–H groups in total. The van der Waals surface area contributed by atoms with E-state index >= 15 is 0 Å². The molecular weight excluding hydrogens is 541 g/mol. The molecule has 220 valence electrons. The van der Waals surface area contributed by atoms with Crippen molar-refractivity contribution in [2.45, 2.75) is 38.7 Å². The van der Waals surface area contributed by atoms with Crippen molar-refractivity contribution in [3.05, 3.63) is 72.2 Å². The van der Waals surface area contributed by atoms with E-state index in [9.17, 15) is 19.1 Å². The fourth-order valence-electron chi connectivity index (χ4n) is 5.40. The second kappa shape index (κ2) is 11.1. The summed E-state index contributed by atoms with van der Waals surface area (Å²) in [5, 5.41) is 17.4. The molecular formula is C29H34FN9O3. The second-order valence-electron chi connectivity index (χ2n) is 11.4. The molecule has 6 rings (SSSR count). The largest absolute Gasteiger partial charge is 0.387 e. The second-order valence-corrected chi connectivity index (χ2v) is 11.4. The van der Waals surface area contributed by atoms with Crippen LogP contribution in [0.5, 0.6) is 0 Å². The molecule has 5 heterocycles. The Labute approximate surface area is 242 Å². The Kier molecular flexibility index (Phi) is 7.37. The molecule has 2 aliphatic heterocycles. The zero-order valence-corrected chi connectivity index (χ0v) is 23.6. The number of halogens is 1. The van der Waals surface area contributed by atoms with Crippen LogP contribution in [0.4, 0.5) is 15.8 Å². The molecule has 13 heteroatoms. The van der Waals surface area contributed by atoms with E-state index < -0.39 is 11.8 Å². The SMILES string of the molecule is CC(C)(O)C(F)CN1Cc2cc(NC(=O)c3cnn4cccnc34)c(N3CCN(CCn4ccnc4)CC3)cc2C1=O. The van der Waals surface area contributed by atoms with Gasteiger partial charge in [0.05, 0.1) is 36.0 Å². The average Bonchev–Trinajstić information content (AvgIpc) is 3.71. The van der Waals surface area contributed by atoms with Crippen molar-refractivity contribution in [3.63, 3.8) is 0 Å². The number of nitrogens with zero attached hydrogens (tertiary/aromatic N) is 8. The molecule has 1 aromatic carbocycles. The molecule has 3 aromatic heterocycles. The van der Waals surface area contributed by atoms with Gasteiger partial charge in [-0.3, -0.25) is 14.5 Å². The van der Waals surface area contributed by atoms with Gasteiger partial charge in [0.2, 0.25) is 0 Å². The van der Waals surface area contributed by atoms with E-state index in [0.717, 1.165) is 31.9 Å². The summed E-state index contributed by atoms with van der Waals surface area (Å²) >= 11 is 0. The molecule has 12 nitrogen and oxygen atoms in total. The van der Waals surface area contributed by atoms with Crippen LogP contribution < -0.4 is 10.2 Å². The quantitative estimate of drug-likeness (QED) is 0.311. The summed E-state index contributed by atoms with van der Waals surface area (Å²) in [6.45, 7) is 7.50. The summed E-state index contributed by atoms with van der Waals surface area (Å²) in [5.41, 5.74) is 1.66. The summed E-state index contributed by atoms with van der Waals surface area (Å²) in [7, 11) is 0. The maximum atomic E-state index is 14.7. The third-order valence-electron chi connectivity index (χ3n) is 7.97. The van der Waals surface area contributed by atoms with Gasteiger partial charge in [0.15, 0.2) is 5.65 Å². The van der Waals surface area contributed by atoms with Crippen LogP contribution in [-0.4, -0.2) is 102 Å². The normalized spacial score (nSPS) is 16.7. The highest BCUT2D eigenvalue weighted by molar-refractivity contribution is 6.10. The van der Waals surface area contributed by atoms with Crippen molar-refractivity contribution in [3.8, 4) is 0 Å².